The molecule has 1 heteroatoms. The van der Waals surface area contributed by atoms with Gasteiger partial charge in [-0.25, -0.2) is 0 Å². The summed E-state index contributed by atoms with van der Waals surface area (Å²) in [5.74, 6) is 1.72. The third-order valence-corrected chi connectivity index (χ3v) is 3.15. The van der Waals surface area contributed by atoms with Crippen LogP contribution >= 0.6 is 0 Å². The molecule has 12 heavy (non-hydrogen) atoms. The lowest BCUT2D eigenvalue weighted by molar-refractivity contribution is 0.00438. The summed E-state index contributed by atoms with van der Waals surface area (Å²) in [5.41, 5.74) is 0. The second kappa shape index (κ2) is 4.86. The minimum absolute atomic E-state index is 0.550. The van der Waals surface area contributed by atoms with Gasteiger partial charge in [0.2, 0.25) is 0 Å². The highest BCUT2D eigenvalue weighted by molar-refractivity contribution is 4.78. The standard InChI is InChI=1S/C11H22O/c1-4-5-10-7-6-9(2)8-11(10)12-3/h9-11H,4-8H2,1-3H3. The first-order chi connectivity index (χ1) is 5.77. The molecule has 0 bridgehead atoms. The second-order valence-corrected chi connectivity index (χ2v) is 4.24. The predicted molar refractivity (Wildman–Crippen MR) is 52.2 cm³/mol. The van der Waals surface area contributed by atoms with Crippen LogP contribution in [0.15, 0.2) is 0 Å². The van der Waals surface area contributed by atoms with Crippen LogP contribution in [0.5, 0.6) is 0 Å². The van der Waals surface area contributed by atoms with Crippen molar-refractivity contribution in [2.45, 2.75) is 52.1 Å². The number of hydrogen-bond donors (Lipinski definition) is 0. The van der Waals surface area contributed by atoms with E-state index in [1.165, 1.54) is 32.1 Å². The molecule has 72 valence electrons. The van der Waals surface area contributed by atoms with Gasteiger partial charge in [-0.05, 0) is 31.1 Å². The Labute approximate surface area is 76.5 Å². The van der Waals surface area contributed by atoms with Crippen molar-refractivity contribution in [3.05, 3.63) is 0 Å². The molecule has 3 atom stereocenters. The molecule has 1 rings (SSSR count). The molecule has 3 unspecified atom stereocenters. The third-order valence-electron chi connectivity index (χ3n) is 3.15. The van der Waals surface area contributed by atoms with E-state index in [4.69, 9.17) is 4.74 Å². The lowest BCUT2D eigenvalue weighted by atomic mass is 9.78. The maximum absolute atomic E-state index is 5.53. The van der Waals surface area contributed by atoms with Gasteiger partial charge in [0, 0.05) is 7.11 Å². The van der Waals surface area contributed by atoms with Gasteiger partial charge < -0.3 is 4.74 Å². The van der Waals surface area contributed by atoms with Crippen molar-refractivity contribution in [1.82, 2.24) is 0 Å². The van der Waals surface area contributed by atoms with Crippen LogP contribution in [0.25, 0.3) is 0 Å². The van der Waals surface area contributed by atoms with E-state index in [-0.39, 0.29) is 0 Å². The Bertz CT molecular complexity index is 122. The van der Waals surface area contributed by atoms with Gasteiger partial charge >= 0.3 is 0 Å². The van der Waals surface area contributed by atoms with Crippen molar-refractivity contribution in [1.29, 1.82) is 0 Å². The van der Waals surface area contributed by atoms with Crippen LogP contribution in [0.3, 0.4) is 0 Å². The third kappa shape index (κ3) is 2.48. The molecule has 1 saturated carbocycles. The molecule has 0 saturated heterocycles. The quantitative estimate of drug-likeness (QED) is 0.632. The van der Waals surface area contributed by atoms with Crippen LogP contribution in [0.1, 0.15) is 46.0 Å². The molecule has 0 aromatic carbocycles. The molecule has 1 aliphatic rings. The molecule has 0 aromatic heterocycles. The smallest absolute Gasteiger partial charge is 0.0602 e. The topological polar surface area (TPSA) is 9.23 Å². The van der Waals surface area contributed by atoms with Crippen LogP contribution in [-0.4, -0.2) is 13.2 Å². The Hall–Kier alpha value is -0.0400. The first kappa shape index (κ1) is 10.0. The Morgan fingerprint density at radius 3 is 2.67 bits per heavy atom. The molecule has 0 radical (unpaired) electrons. The molecule has 0 N–H and O–H groups in total. The monoisotopic (exact) mass is 170 g/mol. The van der Waals surface area contributed by atoms with Crippen molar-refractivity contribution in [2.75, 3.05) is 7.11 Å². The van der Waals surface area contributed by atoms with Crippen molar-refractivity contribution >= 4 is 0 Å². The predicted octanol–water partition coefficient (Wildman–Crippen LogP) is 3.24. The highest BCUT2D eigenvalue weighted by atomic mass is 16.5. The van der Waals surface area contributed by atoms with Gasteiger partial charge in [0.15, 0.2) is 0 Å². The zero-order chi connectivity index (χ0) is 8.97. The van der Waals surface area contributed by atoms with E-state index >= 15 is 0 Å². The van der Waals surface area contributed by atoms with Gasteiger partial charge in [-0.1, -0.05) is 26.7 Å². The lowest BCUT2D eigenvalue weighted by Gasteiger charge is -2.33. The summed E-state index contributed by atoms with van der Waals surface area (Å²) in [7, 11) is 1.87. The van der Waals surface area contributed by atoms with Crippen molar-refractivity contribution in [3.63, 3.8) is 0 Å². The molecule has 0 heterocycles. The molecule has 1 nitrogen and oxygen atoms in total. The minimum Gasteiger partial charge on any atom is -0.381 e. The molecule has 0 aliphatic heterocycles. The SMILES string of the molecule is CCCC1CCC(C)CC1OC. The van der Waals surface area contributed by atoms with E-state index < -0.39 is 0 Å². The largest absolute Gasteiger partial charge is 0.381 e. The highest BCUT2D eigenvalue weighted by Gasteiger charge is 2.27. The molecule has 0 aromatic rings. The van der Waals surface area contributed by atoms with E-state index in [0.717, 1.165) is 11.8 Å². The highest BCUT2D eigenvalue weighted by Crippen LogP contribution is 2.33. The maximum Gasteiger partial charge on any atom is 0.0602 e. The molecule has 1 aliphatic carbocycles. The molecule has 0 spiro atoms. The second-order valence-electron chi connectivity index (χ2n) is 4.24. The van der Waals surface area contributed by atoms with Crippen molar-refractivity contribution in [2.24, 2.45) is 11.8 Å². The van der Waals surface area contributed by atoms with E-state index in [1.54, 1.807) is 0 Å². The van der Waals surface area contributed by atoms with Crippen LogP contribution in [-0.2, 0) is 4.74 Å². The molecular formula is C11H22O. The van der Waals surface area contributed by atoms with Crippen LogP contribution in [0.4, 0.5) is 0 Å². The van der Waals surface area contributed by atoms with Crippen LogP contribution < -0.4 is 0 Å². The average molecular weight is 170 g/mol. The Morgan fingerprint density at radius 2 is 2.08 bits per heavy atom. The van der Waals surface area contributed by atoms with Gasteiger partial charge in [-0.3, -0.25) is 0 Å². The van der Waals surface area contributed by atoms with Gasteiger partial charge in [-0.15, -0.1) is 0 Å². The lowest BCUT2D eigenvalue weighted by Crippen LogP contribution is -2.30. The van der Waals surface area contributed by atoms with Gasteiger partial charge in [0.05, 0.1) is 6.10 Å². The van der Waals surface area contributed by atoms with Crippen molar-refractivity contribution < 1.29 is 4.74 Å². The van der Waals surface area contributed by atoms with Crippen LogP contribution in [0.2, 0.25) is 0 Å². The summed E-state index contributed by atoms with van der Waals surface area (Å²) >= 11 is 0. The summed E-state index contributed by atoms with van der Waals surface area (Å²) < 4.78 is 5.53. The summed E-state index contributed by atoms with van der Waals surface area (Å²) in [5, 5.41) is 0. The fourth-order valence-electron chi connectivity index (χ4n) is 2.38. The fourth-order valence-corrected chi connectivity index (χ4v) is 2.38. The summed E-state index contributed by atoms with van der Waals surface area (Å²) in [6, 6.07) is 0. The van der Waals surface area contributed by atoms with E-state index in [1.807, 2.05) is 7.11 Å². The van der Waals surface area contributed by atoms with E-state index in [9.17, 15) is 0 Å². The molecular weight excluding hydrogens is 148 g/mol. The first-order valence-corrected chi connectivity index (χ1v) is 5.30. The molecule has 0 amide bonds. The van der Waals surface area contributed by atoms with Gasteiger partial charge in [0.25, 0.3) is 0 Å². The fraction of sp³-hybridized carbons (Fsp3) is 1.00. The number of methoxy groups -OCH3 is 1. The van der Waals surface area contributed by atoms with E-state index in [2.05, 4.69) is 13.8 Å². The minimum atomic E-state index is 0.550. The molecule has 1 fully saturated rings. The van der Waals surface area contributed by atoms with Crippen molar-refractivity contribution in [3.8, 4) is 0 Å². The zero-order valence-electron chi connectivity index (χ0n) is 8.68. The number of rotatable bonds is 3. The zero-order valence-corrected chi connectivity index (χ0v) is 8.68. The van der Waals surface area contributed by atoms with Gasteiger partial charge in [0.1, 0.15) is 0 Å². The Morgan fingerprint density at radius 1 is 1.33 bits per heavy atom. The van der Waals surface area contributed by atoms with E-state index in [0.29, 0.717) is 6.10 Å². The summed E-state index contributed by atoms with van der Waals surface area (Å²) in [6.07, 6.45) is 7.28. The normalized spacial score (nSPS) is 36.8. The number of hydrogen-bond acceptors (Lipinski definition) is 1. The maximum atomic E-state index is 5.53. The Balaban J connectivity index is 2.39. The van der Waals surface area contributed by atoms with Gasteiger partial charge in [-0.2, -0.15) is 0 Å². The van der Waals surface area contributed by atoms with Crippen LogP contribution in [0, 0.1) is 11.8 Å². The summed E-state index contributed by atoms with van der Waals surface area (Å²) in [6.45, 7) is 4.61. The Kier molecular flexibility index (Phi) is 4.07. The average Bonchev–Trinajstić information content (AvgIpc) is 2.08. The first-order valence-electron chi connectivity index (χ1n) is 5.30. The number of ether oxygens (including phenoxy) is 1. The summed E-state index contributed by atoms with van der Waals surface area (Å²) in [4.78, 5) is 0.